The zero-order valence-corrected chi connectivity index (χ0v) is 9.19. The van der Waals surface area contributed by atoms with E-state index < -0.39 is 4.92 Å². The van der Waals surface area contributed by atoms with Crippen LogP contribution in [0.1, 0.15) is 12.1 Å². The Morgan fingerprint density at radius 1 is 1.62 bits per heavy atom. The molecule has 16 heavy (non-hydrogen) atoms. The molecule has 0 fully saturated rings. The predicted octanol–water partition coefficient (Wildman–Crippen LogP) is 1.75. The van der Waals surface area contributed by atoms with Gasteiger partial charge in [0.1, 0.15) is 12.3 Å². The molecule has 1 aromatic rings. The lowest BCUT2D eigenvalue weighted by molar-refractivity contribution is -0.387. The van der Waals surface area contributed by atoms with Gasteiger partial charge in [0.15, 0.2) is 0 Å². The van der Waals surface area contributed by atoms with Gasteiger partial charge in [-0.05, 0) is 18.5 Å². The van der Waals surface area contributed by atoms with Crippen molar-refractivity contribution in [2.24, 2.45) is 0 Å². The van der Waals surface area contributed by atoms with Gasteiger partial charge in [-0.1, -0.05) is 0 Å². The number of hydrogen-bond donors (Lipinski definition) is 0. The molecule has 1 rings (SSSR count). The predicted molar refractivity (Wildman–Crippen MR) is 57.4 cm³/mol. The minimum absolute atomic E-state index is 0.0983. The summed E-state index contributed by atoms with van der Waals surface area (Å²) in [5.41, 5.74) is -0.137. The van der Waals surface area contributed by atoms with Gasteiger partial charge in [-0.15, -0.1) is 12.3 Å². The van der Waals surface area contributed by atoms with Crippen LogP contribution in [0.5, 0.6) is 5.88 Å². The number of nitrogens with zero attached hydrogens (tertiary/aromatic N) is 3. The van der Waals surface area contributed by atoms with E-state index in [2.05, 4.69) is 15.9 Å². The molecular formula is C9H8ClN3O3. The lowest BCUT2D eigenvalue weighted by Gasteiger charge is -2.05. The topological polar surface area (TPSA) is 78.2 Å². The summed E-state index contributed by atoms with van der Waals surface area (Å²) in [6.07, 6.45) is 5.36. The molecule has 1 aromatic heterocycles. The van der Waals surface area contributed by atoms with Crippen LogP contribution in [-0.4, -0.2) is 21.5 Å². The van der Waals surface area contributed by atoms with Gasteiger partial charge < -0.3 is 4.74 Å². The van der Waals surface area contributed by atoms with Gasteiger partial charge in [0.05, 0.1) is 4.92 Å². The van der Waals surface area contributed by atoms with Crippen molar-refractivity contribution in [3.63, 3.8) is 0 Å². The Morgan fingerprint density at radius 3 is 2.88 bits per heavy atom. The van der Waals surface area contributed by atoms with E-state index in [1.807, 2.05) is 0 Å². The Hall–Kier alpha value is -1.87. The van der Waals surface area contributed by atoms with Gasteiger partial charge in [-0.2, -0.15) is 4.98 Å². The van der Waals surface area contributed by atoms with Crippen LogP contribution in [0.3, 0.4) is 0 Å². The summed E-state index contributed by atoms with van der Waals surface area (Å²) in [6, 6.07) is 0. The van der Waals surface area contributed by atoms with Crippen LogP contribution in [0.4, 0.5) is 5.69 Å². The van der Waals surface area contributed by atoms with Crippen LogP contribution in [-0.2, 0) is 0 Å². The fourth-order valence-corrected chi connectivity index (χ4v) is 1.23. The van der Waals surface area contributed by atoms with Crippen LogP contribution in [0.15, 0.2) is 0 Å². The van der Waals surface area contributed by atoms with Crippen molar-refractivity contribution in [1.29, 1.82) is 0 Å². The van der Waals surface area contributed by atoms with E-state index in [9.17, 15) is 10.1 Å². The van der Waals surface area contributed by atoms with E-state index in [0.29, 0.717) is 6.42 Å². The highest BCUT2D eigenvalue weighted by Gasteiger charge is 2.22. The zero-order chi connectivity index (χ0) is 12.1. The standard InChI is InChI=1S/C9H8ClN3O3/c1-3-4-5-16-8-7(13(14)15)6(2)11-9(10)12-8/h1H,4-5H2,2H3. The average molecular weight is 242 g/mol. The lowest BCUT2D eigenvalue weighted by atomic mass is 10.3. The molecule has 0 radical (unpaired) electrons. The molecule has 0 saturated carbocycles. The molecule has 0 bridgehead atoms. The first-order valence-electron chi connectivity index (χ1n) is 4.31. The van der Waals surface area contributed by atoms with Crippen molar-refractivity contribution < 1.29 is 9.66 Å². The van der Waals surface area contributed by atoms with Gasteiger partial charge >= 0.3 is 5.69 Å². The largest absolute Gasteiger partial charge is 0.472 e. The minimum Gasteiger partial charge on any atom is -0.472 e. The van der Waals surface area contributed by atoms with Crippen molar-refractivity contribution >= 4 is 17.3 Å². The first-order valence-corrected chi connectivity index (χ1v) is 4.69. The van der Waals surface area contributed by atoms with Gasteiger partial charge in [0.2, 0.25) is 5.28 Å². The Kier molecular flexibility index (Phi) is 4.03. The SMILES string of the molecule is C#CCCOc1nc(Cl)nc(C)c1[N+](=O)[O-]. The quantitative estimate of drug-likeness (QED) is 0.264. The first kappa shape index (κ1) is 12.2. The maximum Gasteiger partial charge on any atom is 0.352 e. The highest BCUT2D eigenvalue weighted by molar-refractivity contribution is 6.28. The summed E-state index contributed by atoms with van der Waals surface area (Å²) in [6.45, 7) is 1.60. The van der Waals surface area contributed by atoms with Crippen LogP contribution in [0, 0.1) is 29.4 Å². The molecule has 0 aliphatic carbocycles. The van der Waals surface area contributed by atoms with Crippen molar-refractivity contribution in [2.45, 2.75) is 13.3 Å². The summed E-state index contributed by atoms with van der Waals surface area (Å²) in [7, 11) is 0. The molecule has 0 spiro atoms. The molecule has 84 valence electrons. The summed E-state index contributed by atoms with van der Waals surface area (Å²) in [5.74, 6) is 2.19. The van der Waals surface area contributed by atoms with Gasteiger partial charge in [0.25, 0.3) is 5.88 Å². The Bertz CT molecular complexity index is 456. The normalized spacial score (nSPS) is 9.56. The van der Waals surface area contributed by atoms with E-state index in [1.54, 1.807) is 0 Å². The summed E-state index contributed by atoms with van der Waals surface area (Å²) < 4.78 is 5.08. The molecule has 0 aliphatic heterocycles. The monoisotopic (exact) mass is 241 g/mol. The smallest absolute Gasteiger partial charge is 0.352 e. The van der Waals surface area contributed by atoms with Crippen LogP contribution >= 0.6 is 11.6 Å². The third-order valence-electron chi connectivity index (χ3n) is 1.67. The van der Waals surface area contributed by atoms with E-state index in [4.69, 9.17) is 22.8 Å². The Labute approximate surface area is 96.8 Å². The Balaban J connectivity index is 3.05. The molecule has 0 amide bonds. The van der Waals surface area contributed by atoms with Gasteiger partial charge in [0, 0.05) is 6.42 Å². The highest BCUT2D eigenvalue weighted by atomic mass is 35.5. The number of hydrogen-bond acceptors (Lipinski definition) is 5. The van der Waals surface area contributed by atoms with Gasteiger partial charge in [-0.3, -0.25) is 10.1 Å². The number of rotatable bonds is 4. The average Bonchev–Trinajstić information content (AvgIpc) is 2.16. The second-order valence-electron chi connectivity index (χ2n) is 2.79. The van der Waals surface area contributed by atoms with E-state index in [-0.39, 0.29) is 29.2 Å². The number of ether oxygens (including phenoxy) is 1. The van der Waals surface area contributed by atoms with Crippen molar-refractivity contribution in [3.8, 4) is 18.2 Å². The first-order chi connectivity index (χ1) is 7.56. The minimum atomic E-state index is -0.614. The number of terminal acetylenes is 1. The molecule has 0 aromatic carbocycles. The highest BCUT2D eigenvalue weighted by Crippen LogP contribution is 2.28. The fourth-order valence-electron chi connectivity index (χ4n) is 1.03. The second kappa shape index (κ2) is 5.28. The Morgan fingerprint density at radius 2 is 2.31 bits per heavy atom. The third-order valence-corrected chi connectivity index (χ3v) is 1.84. The van der Waals surface area contributed by atoms with Gasteiger partial charge in [-0.25, -0.2) is 4.98 Å². The van der Waals surface area contributed by atoms with Crippen molar-refractivity contribution in [2.75, 3.05) is 6.61 Å². The summed E-state index contributed by atoms with van der Waals surface area (Å²) in [5, 5.41) is 10.7. The number of halogens is 1. The van der Waals surface area contributed by atoms with E-state index in [0.717, 1.165) is 0 Å². The third kappa shape index (κ3) is 2.81. The number of nitro groups is 1. The fraction of sp³-hybridized carbons (Fsp3) is 0.333. The molecule has 7 heteroatoms. The molecule has 0 saturated heterocycles. The van der Waals surface area contributed by atoms with E-state index in [1.165, 1.54) is 6.92 Å². The van der Waals surface area contributed by atoms with Crippen LogP contribution in [0.25, 0.3) is 0 Å². The maximum atomic E-state index is 10.7. The zero-order valence-electron chi connectivity index (χ0n) is 8.44. The molecule has 0 N–H and O–H groups in total. The molecule has 0 unspecified atom stereocenters. The summed E-state index contributed by atoms with van der Waals surface area (Å²) in [4.78, 5) is 17.5. The van der Waals surface area contributed by atoms with E-state index >= 15 is 0 Å². The molecular weight excluding hydrogens is 234 g/mol. The second-order valence-corrected chi connectivity index (χ2v) is 3.13. The molecule has 0 aliphatic rings. The lowest BCUT2D eigenvalue weighted by Crippen LogP contribution is -2.05. The number of aromatic nitrogens is 2. The number of aryl methyl sites for hydroxylation is 1. The maximum absolute atomic E-state index is 10.7. The molecule has 1 heterocycles. The van der Waals surface area contributed by atoms with Crippen LogP contribution in [0.2, 0.25) is 5.28 Å². The van der Waals surface area contributed by atoms with Crippen LogP contribution < -0.4 is 4.74 Å². The molecule has 6 nitrogen and oxygen atoms in total. The van der Waals surface area contributed by atoms with Crippen molar-refractivity contribution in [3.05, 3.63) is 21.1 Å². The van der Waals surface area contributed by atoms with Crippen molar-refractivity contribution in [1.82, 2.24) is 9.97 Å². The molecule has 0 atom stereocenters. The summed E-state index contributed by atoms with van der Waals surface area (Å²) >= 11 is 5.57.